The lowest BCUT2D eigenvalue weighted by atomic mass is 10.2. The first-order valence-corrected chi connectivity index (χ1v) is 4.42. The van der Waals surface area contributed by atoms with Crippen LogP contribution in [-0.2, 0) is 0 Å². The lowest BCUT2D eigenvalue weighted by molar-refractivity contribution is 1.01. The molecule has 0 fully saturated rings. The zero-order valence-corrected chi connectivity index (χ0v) is 7.94. The molecule has 2 aromatic heterocycles. The zero-order chi connectivity index (χ0) is 9.80. The van der Waals surface area contributed by atoms with Crippen molar-refractivity contribution in [2.24, 2.45) is 0 Å². The molecular weight excluding hydrogens is 172 g/mol. The first kappa shape index (κ1) is 8.58. The molecule has 0 spiro atoms. The third-order valence-electron chi connectivity index (χ3n) is 1.88. The van der Waals surface area contributed by atoms with Gasteiger partial charge in [-0.05, 0) is 31.2 Å². The molecule has 0 N–H and O–H groups in total. The van der Waals surface area contributed by atoms with Crippen LogP contribution in [0.3, 0.4) is 0 Å². The maximum Gasteiger partial charge on any atom is 0.137 e. The SMILES string of the molecule is CC#Cc1ccnc(-n2cccc2)c1. The Kier molecular flexibility index (Phi) is 2.33. The molecule has 2 rings (SSSR count). The summed E-state index contributed by atoms with van der Waals surface area (Å²) >= 11 is 0. The van der Waals surface area contributed by atoms with E-state index in [9.17, 15) is 0 Å². The van der Waals surface area contributed by atoms with E-state index in [1.54, 1.807) is 6.20 Å². The molecule has 2 heterocycles. The minimum Gasteiger partial charge on any atom is -0.309 e. The summed E-state index contributed by atoms with van der Waals surface area (Å²) in [6.07, 6.45) is 5.70. The number of nitrogens with zero attached hydrogens (tertiary/aromatic N) is 2. The van der Waals surface area contributed by atoms with Gasteiger partial charge < -0.3 is 4.57 Å². The van der Waals surface area contributed by atoms with Crippen LogP contribution >= 0.6 is 0 Å². The van der Waals surface area contributed by atoms with Crippen LogP contribution in [-0.4, -0.2) is 9.55 Å². The topological polar surface area (TPSA) is 17.8 Å². The maximum absolute atomic E-state index is 4.26. The van der Waals surface area contributed by atoms with Crippen molar-refractivity contribution in [2.75, 3.05) is 0 Å². The molecule has 0 amide bonds. The molecule has 0 aliphatic carbocycles. The second-order valence-electron chi connectivity index (χ2n) is 2.87. The minimum absolute atomic E-state index is 0.898. The van der Waals surface area contributed by atoms with Crippen molar-refractivity contribution in [1.29, 1.82) is 0 Å². The number of rotatable bonds is 1. The smallest absolute Gasteiger partial charge is 0.137 e. The molecule has 0 aliphatic heterocycles. The van der Waals surface area contributed by atoms with E-state index in [0.29, 0.717) is 0 Å². The fraction of sp³-hybridized carbons (Fsp3) is 0.0833. The summed E-state index contributed by atoms with van der Waals surface area (Å²) in [5.41, 5.74) is 0.992. The first-order valence-electron chi connectivity index (χ1n) is 4.42. The van der Waals surface area contributed by atoms with Crippen molar-refractivity contribution >= 4 is 0 Å². The van der Waals surface area contributed by atoms with Crippen molar-refractivity contribution in [3.63, 3.8) is 0 Å². The van der Waals surface area contributed by atoms with Crippen molar-refractivity contribution in [1.82, 2.24) is 9.55 Å². The largest absolute Gasteiger partial charge is 0.309 e. The summed E-state index contributed by atoms with van der Waals surface area (Å²) < 4.78 is 1.96. The summed E-state index contributed by atoms with van der Waals surface area (Å²) in [5, 5.41) is 0. The highest BCUT2D eigenvalue weighted by Gasteiger charge is 1.95. The normalized spacial score (nSPS) is 9.21. The molecular formula is C12H10N2. The van der Waals surface area contributed by atoms with E-state index < -0.39 is 0 Å². The molecule has 2 nitrogen and oxygen atoms in total. The van der Waals surface area contributed by atoms with Crippen molar-refractivity contribution in [3.05, 3.63) is 48.4 Å². The van der Waals surface area contributed by atoms with Crippen LogP contribution < -0.4 is 0 Å². The van der Waals surface area contributed by atoms with Gasteiger partial charge in [-0.1, -0.05) is 5.92 Å². The number of pyridine rings is 1. The zero-order valence-electron chi connectivity index (χ0n) is 7.94. The quantitative estimate of drug-likeness (QED) is 0.618. The fourth-order valence-corrected chi connectivity index (χ4v) is 1.27. The van der Waals surface area contributed by atoms with Crippen LogP contribution in [0.5, 0.6) is 0 Å². The van der Waals surface area contributed by atoms with Crippen LogP contribution in [0.15, 0.2) is 42.9 Å². The summed E-state index contributed by atoms with van der Waals surface area (Å²) in [5.74, 6) is 6.77. The Morgan fingerprint density at radius 3 is 2.79 bits per heavy atom. The van der Waals surface area contributed by atoms with Crippen molar-refractivity contribution in [2.45, 2.75) is 6.92 Å². The summed E-state index contributed by atoms with van der Waals surface area (Å²) in [4.78, 5) is 4.26. The standard InChI is InChI=1S/C12H10N2/c1-2-5-11-6-7-13-12(10-11)14-8-3-4-9-14/h3-4,6-10H,1H3. The Labute approximate surface area is 83.2 Å². The molecule has 0 atom stereocenters. The summed E-state index contributed by atoms with van der Waals surface area (Å²) in [6, 6.07) is 7.82. The van der Waals surface area contributed by atoms with Crippen molar-refractivity contribution < 1.29 is 0 Å². The molecule has 0 aliphatic rings. The Hall–Kier alpha value is -2.01. The number of hydrogen-bond donors (Lipinski definition) is 0. The number of aromatic nitrogens is 2. The Balaban J connectivity index is 2.44. The van der Waals surface area contributed by atoms with E-state index in [4.69, 9.17) is 0 Å². The van der Waals surface area contributed by atoms with Crippen molar-refractivity contribution in [3.8, 4) is 17.7 Å². The van der Waals surface area contributed by atoms with Gasteiger partial charge in [-0.15, -0.1) is 5.92 Å². The van der Waals surface area contributed by atoms with Gasteiger partial charge in [-0.2, -0.15) is 0 Å². The Morgan fingerprint density at radius 1 is 1.29 bits per heavy atom. The van der Waals surface area contributed by atoms with Gasteiger partial charge in [-0.25, -0.2) is 4.98 Å². The molecule has 2 heteroatoms. The number of hydrogen-bond acceptors (Lipinski definition) is 1. The van der Waals surface area contributed by atoms with Gasteiger partial charge in [0.05, 0.1) is 0 Å². The molecule has 0 saturated heterocycles. The van der Waals surface area contributed by atoms with E-state index in [1.165, 1.54) is 0 Å². The average molecular weight is 182 g/mol. The van der Waals surface area contributed by atoms with Crippen LogP contribution in [0.25, 0.3) is 5.82 Å². The van der Waals surface area contributed by atoms with Crippen LogP contribution in [0.2, 0.25) is 0 Å². The van der Waals surface area contributed by atoms with Gasteiger partial charge in [0, 0.05) is 24.2 Å². The average Bonchev–Trinajstić information content (AvgIpc) is 2.71. The molecule has 0 bridgehead atoms. The molecule has 2 aromatic rings. The lowest BCUT2D eigenvalue weighted by Crippen LogP contribution is -1.93. The van der Waals surface area contributed by atoms with Crippen LogP contribution in [0, 0.1) is 11.8 Å². The first-order chi connectivity index (χ1) is 6.90. The third-order valence-corrected chi connectivity index (χ3v) is 1.88. The molecule has 0 unspecified atom stereocenters. The Morgan fingerprint density at radius 2 is 2.07 bits per heavy atom. The van der Waals surface area contributed by atoms with Gasteiger partial charge in [-0.3, -0.25) is 0 Å². The predicted octanol–water partition coefficient (Wildman–Crippen LogP) is 2.24. The molecule has 0 saturated carbocycles. The lowest BCUT2D eigenvalue weighted by Gasteiger charge is -2.00. The molecule has 68 valence electrons. The predicted molar refractivity (Wildman–Crippen MR) is 56.1 cm³/mol. The van der Waals surface area contributed by atoms with E-state index >= 15 is 0 Å². The monoisotopic (exact) mass is 182 g/mol. The van der Waals surface area contributed by atoms with E-state index in [0.717, 1.165) is 11.4 Å². The van der Waals surface area contributed by atoms with Gasteiger partial charge in [0.15, 0.2) is 0 Å². The van der Waals surface area contributed by atoms with Gasteiger partial charge in [0.25, 0.3) is 0 Å². The molecule has 0 aromatic carbocycles. The highest BCUT2D eigenvalue weighted by atomic mass is 15.0. The van der Waals surface area contributed by atoms with Gasteiger partial charge in [0.1, 0.15) is 5.82 Å². The third kappa shape index (κ3) is 1.67. The highest BCUT2D eigenvalue weighted by Crippen LogP contribution is 2.06. The summed E-state index contributed by atoms with van der Waals surface area (Å²) in [6.45, 7) is 1.83. The van der Waals surface area contributed by atoms with Gasteiger partial charge >= 0.3 is 0 Å². The highest BCUT2D eigenvalue weighted by molar-refractivity contribution is 5.38. The molecule has 14 heavy (non-hydrogen) atoms. The van der Waals surface area contributed by atoms with Crippen LogP contribution in [0.1, 0.15) is 12.5 Å². The second kappa shape index (κ2) is 3.80. The van der Waals surface area contributed by atoms with Gasteiger partial charge in [0.2, 0.25) is 0 Å². The van der Waals surface area contributed by atoms with Crippen LogP contribution in [0.4, 0.5) is 0 Å². The maximum atomic E-state index is 4.26. The van der Waals surface area contributed by atoms with E-state index in [2.05, 4.69) is 16.8 Å². The Bertz CT molecular complexity index is 473. The van der Waals surface area contributed by atoms with E-state index in [-0.39, 0.29) is 0 Å². The second-order valence-corrected chi connectivity index (χ2v) is 2.87. The fourth-order valence-electron chi connectivity index (χ4n) is 1.27. The molecule has 0 radical (unpaired) electrons. The summed E-state index contributed by atoms with van der Waals surface area (Å²) in [7, 11) is 0. The van der Waals surface area contributed by atoms with E-state index in [1.807, 2.05) is 48.1 Å². The minimum atomic E-state index is 0.898.